The van der Waals surface area contributed by atoms with E-state index in [0.717, 1.165) is 0 Å². The SMILES string of the molecule is CC1CNC2(CC2)CN1I. The fraction of sp³-hybridized carbons (Fsp3) is 1.00. The van der Waals surface area contributed by atoms with Crippen molar-refractivity contribution in [2.45, 2.75) is 31.3 Å². The average molecular weight is 252 g/mol. The molecule has 1 saturated heterocycles. The summed E-state index contributed by atoms with van der Waals surface area (Å²) in [6, 6.07) is 0.715. The topological polar surface area (TPSA) is 15.3 Å². The van der Waals surface area contributed by atoms with Crippen LogP contribution in [0, 0.1) is 0 Å². The molecular weight excluding hydrogens is 239 g/mol. The summed E-state index contributed by atoms with van der Waals surface area (Å²) in [4.78, 5) is 0. The Morgan fingerprint density at radius 2 is 2.30 bits per heavy atom. The van der Waals surface area contributed by atoms with Crippen molar-refractivity contribution in [2.75, 3.05) is 13.1 Å². The first-order valence-corrected chi connectivity index (χ1v) is 4.86. The lowest BCUT2D eigenvalue weighted by molar-refractivity contribution is 0.261. The molecule has 2 aliphatic rings. The van der Waals surface area contributed by atoms with E-state index in [0.29, 0.717) is 11.6 Å². The molecule has 1 N–H and O–H groups in total. The van der Waals surface area contributed by atoms with Gasteiger partial charge in [0.05, 0.1) is 0 Å². The molecule has 0 aromatic rings. The molecule has 0 bridgehead atoms. The summed E-state index contributed by atoms with van der Waals surface area (Å²) >= 11 is 2.44. The number of rotatable bonds is 0. The van der Waals surface area contributed by atoms with E-state index < -0.39 is 0 Å². The number of halogens is 1. The smallest absolute Gasteiger partial charge is 0.0319 e. The zero-order valence-electron chi connectivity index (χ0n) is 6.23. The van der Waals surface area contributed by atoms with E-state index in [1.807, 2.05) is 0 Å². The maximum absolute atomic E-state index is 3.60. The van der Waals surface area contributed by atoms with Gasteiger partial charge in [-0.15, -0.1) is 0 Å². The van der Waals surface area contributed by atoms with E-state index in [2.05, 4.69) is 38.2 Å². The summed E-state index contributed by atoms with van der Waals surface area (Å²) in [5.41, 5.74) is 0.549. The third-order valence-electron chi connectivity index (χ3n) is 2.56. The predicted octanol–water partition coefficient (Wildman–Crippen LogP) is 1.16. The summed E-state index contributed by atoms with van der Waals surface area (Å²) in [6.45, 7) is 4.69. The van der Waals surface area contributed by atoms with Gasteiger partial charge in [-0.3, -0.25) is 0 Å². The highest BCUT2D eigenvalue weighted by Gasteiger charge is 2.46. The molecule has 2 nitrogen and oxygen atoms in total. The summed E-state index contributed by atoms with van der Waals surface area (Å²) in [5.74, 6) is 0. The summed E-state index contributed by atoms with van der Waals surface area (Å²) in [6.07, 6.45) is 2.78. The molecular formula is C7H13IN2. The molecule has 1 atom stereocenters. The van der Waals surface area contributed by atoms with E-state index in [1.54, 1.807) is 0 Å². The first-order chi connectivity index (χ1) is 4.72. The number of nitrogens with zero attached hydrogens (tertiary/aromatic N) is 1. The van der Waals surface area contributed by atoms with Crippen LogP contribution in [0.5, 0.6) is 0 Å². The van der Waals surface area contributed by atoms with Gasteiger partial charge < -0.3 is 5.32 Å². The van der Waals surface area contributed by atoms with Crippen molar-refractivity contribution in [3.63, 3.8) is 0 Å². The summed E-state index contributed by atoms with van der Waals surface area (Å²) in [7, 11) is 0. The molecule has 0 radical (unpaired) electrons. The van der Waals surface area contributed by atoms with Crippen molar-refractivity contribution in [1.82, 2.24) is 8.43 Å². The zero-order valence-corrected chi connectivity index (χ0v) is 8.39. The minimum atomic E-state index is 0.549. The molecule has 1 saturated carbocycles. The van der Waals surface area contributed by atoms with Crippen molar-refractivity contribution < 1.29 is 0 Å². The lowest BCUT2D eigenvalue weighted by Crippen LogP contribution is -2.53. The van der Waals surface area contributed by atoms with Gasteiger partial charge in [0.1, 0.15) is 0 Å². The van der Waals surface area contributed by atoms with Gasteiger partial charge in [-0.2, -0.15) is 0 Å². The lowest BCUT2D eigenvalue weighted by atomic mass is 10.1. The van der Waals surface area contributed by atoms with Gasteiger partial charge >= 0.3 is 0 Å². The molecule has 0 amide bonds. The molecule has 3 heteroatoms. The third-order valence-corrected chi connectivity index (χ3v) is 3.85. The van der Waals surface area contributed by atoms with E-state index in [9.17, 15) is 0 Å². The maximum Gasteiger partial charge on any atom is 0.0319 e. The Labute approximate surface area is 75.8 Å². The van der Waals surface area contributed by atoms with Crippen LogP contribution in [0.1, 0.15) is 19.8 Å². The molecule has 10 heavy (non-hydrogen) atoms. The molecule has 0 aromatic heterocycles. The van der Waals surface area contributed by atoms with Crippen LogP contribution in [-0.4, -0.2) is 27.8 Å². The monoisotopic (exact) mass is 252 g/mol. The van der Waals surface area contributed by atoms with Gasteiger partial charge in [-0.25, -0.2) is 3.11 Å². The van der Waals surface area contributed by atoms with Crippen LogP contribution in [0.25, 0.3) is 0 Å². The van der Waals surface area contributed by atoms with Crippen LogP contribution in [0.2, 0.25) is 0 Å². The van der Waals surface area contributed by atoms with Crippen LogP contribution in [-0.2, 0) is 0 Å². The van der Waals surface area contributed by atoms with Crippen LogP contribution >= 0.6 is 22.9 Å². The summed E-state index contributed by atoms with van der Waals surface area (Å²) < 4.78 is 2.43. The Balaban J connectivity index is 1.98. The Hall–Kier alpha value is 0.650. The van der Waals surface area contributed by atoms with Gasteiger partial charge in [-0.05, 0) is 19.8 Å². The van der Waals surface area contributed by atoms with Crippen molar-refractivity contribution in [3.8, 4) is 0 Å². The first-order valence-electron chi connectivity index (χ1n) is 3.89. The second kappa shape index (κ2) is 2.32. The minimum Gasteiger partial charge on any atom is -0.308 e. The largest absolute Gasteiger partial charge is 0.308 e. The van der Waals surface area contributed by atoms with Gasteiger partial charge in [0, 0.05) is 47.5 Å². The number of hydrogen-bond donors (Lipinski definition) is 1. The maximum atomic E-state index is 3.60. The van der Waals surface area contributed by atoms with E-state index in [-0.39, 0.29) is 0 Å². The molecule has 2 rings (SSSR count). The predicted molar refractivity (Wildman–Crippen MR) is 50.2 cm³/mol. The van der Waals surface area contributed by atoms with Gasteiger partial charge in [-0.1, -0.05) is 0 Å². The highest BCUT2D eigenvalue weighted by atomic mass is 127. The lowest BCUT2D eigenvalue weighted by Gasteiger charge is -2.34. The Morgan fingerprint density at radius 1 is 1.60 bits per heavy atom. The van der Waals surface area contributed by atoms with Gasteiger partial charge in [0.15, 0.2) is 0 Å². The van der Waals surface area contributed by atoms with Crippen molar-refractivity contribution >= 4 is 22.9 Å². The molecule has 2 fully saturated rings. The fourth-order valence-electron chi connectivity index (χ4n) is 1.45. The molecule has 1 spiro atoms. The van der Waals surface area contributed by atoms with Crippen LogP contribution in [0.3, 0.4) is 0 Å². The number of nitrogens with one attached hydrogen (secondary N) is 1. The minimum absolute atomic E-state index is 0.549. The van der Waals surface area contributed by atoms with E-state index in [4.69, 9.17) is 0 Å². The molecule has 0 aromatic carbocycles. The van der Waals surface area contributed by atoms with Gasteiger partial charge in [0.25, 0.3) is 0 Å². The second-order valence-electron chi connectivity index (χ2n) is 3.57. The van der Waals surface area contributed by atoms with E-state index in [1.165, 1.54) is 25.9 Å². The molecule has 1 unspecified atom stereocenters. The highest BCUT2D eigenvalue weighted by Crippen LogP contribution is 2.39. The highest BCUT2D eigenvalue weighted by molar-refractivity contribution is 14.1. The molecule has 1 heterocycles. The fourth-order valence-corrected chi connectivity index (χ4v) is 2.30. The first kappa shape index (κ1) is 7.31. The Bertz CT molecular complexity index is 145. The van der Waals surface area contributed by atoms with Crippen molar-refractivity contribution in [2.24, 2.45) is 0 Å². The normalized spacial score (nSPS) is 38.4. The van der Waals surface area contributed by atoms with Crippen molar-refractivity contribution in [3.05, 3.63) is 0 Å². The molecule has 58 valence electrons. The molecule has 1 aliphatic carbocycles. The number of hydrogen-bond acceptors (Lipinski definition) is 2. The van der Waals surface area contributed by atoms with Crippen LogP contribution in [0.4, 0.5) is 0 Å². The van der Waals surface area contributed by atoms with Crippen molar-refractivity contribution in [1.29, 1.82) is 0 Å². The zero-order chi connectivity index (χ0) is 7.19. The van der Waals surface area contributed by atoms with Gasteiger partial charge in [0.2, 0.25) is 0 Å². The van der Waals surface area contributed by atoms with Crippen LogP contribution in [0.15, 0.2) is 0 Å². The standard InChI is InChI=1S/C7H13IN2/c1-6-4-9-7(2-3-7)5-10(6)8/h6,9H,2-5H2,1H3. The van der Waals surface area contributed by atoms with E-state index >= 15 is 0 Å². The quantitative estimate of drug-likeness (QED) is 0.514. The average Bonchev–Trinajstić information content (AvgIpc) is 2.62. The summed E-state index contributed by atoms with van der Waals surface area (Å²) in [5, 5.41) is 3.60. The second-order valence-corrected chi connectivity index (χ2v) is 4.81. The van der Waals surface area contributed by atoms with Crippen LogP contribution < -0.4 is 5.32 Å². The molecule has 1 aliphatic heterocycles. The number of piperazine rings is 1. The Morgan fingerprint density at radius 3 is 2.80 bits per heavy atom. The Kier molecular flexibility index (Phi) is 1.69. The third kappa shape index (κ3) is 1.19.